The zero-order valence-corrected chi connectivity index (χ0v) is 11.0. The lowest BCUT2D eigenvalue weighted by Crippen LogP contribution is -2.36. The minimum Gasteiger partial charge on any atom is -0.374 e. The fraction of sp³-hybridized carbons (Fsp3) is 0.571. The van der Waals surface area contributed by atoms with Crippen LogP contribution >= 0.6 is 11.6 Å². The van der Waals surface area contributed by atoms with E-state index in [4.69, 9.17) is 21.1 Å². The average molecular weight is 255 g/mol. The molecule has 1 aromatic carbocycles. The van der Waals surface area contributed by atoms with Crippen molar-refractivity contribution in [3.63, 3.8) is 0 Å². The zero-order valence-electron chi connectivity index (χ0n) is 10.2. The van der Waals surface area contributed by atoms with Gasteiger partial charge in [-0.2, -0.15) is 0 Å². The van der Waals surface area contributed by atoms with E-state index in [0.29, 0.717) is 25.0 Å². The highest BCUT2D eigenvalue weighted by Crippen LogP contribution is 2.31. The van der Waals surface area contributed by atoms with Gasteiger partial charge in [0.15, 0.2) is 0 Å². The van der Waals surface area contributed by atoms with Crippen molar-refractivity contribution < 1.29 is 9.47 Å². The second-order valence-electron chi connectivity index (χ2n) is 4.92. The molecule has 0 spiro atoms. The molecule has 1 aliphatic heterocycles. The molecule has 3 heteroatoms. The molecule has 2 unspecified atom stereocenters. The van der Waals surface area contributed by atoms with E-state index in [-0.39, 0.29) is 5.60 Å². The Balaban J connectivity index is 1.81. The molecule has 0 aliphatic carbocycles. The molecular weight excluding hydrogens is 236 g/mol. The maximum atomic E-state index is 6.01. The van der Waals surface area contributed by atoms with E-state index in [1.165, 1.54) is 5.56 Å². The summed E-state index contributed by atoms with van der Waals surface area (Å²) in [4.78, 5) is 0. The van der Waals surface area contributed by atoms with Gasteiger partial charge in [-0.25, -0.2) is 0 Å². The standard InChI is InChI=1S/C14H19ClO2/c1-12-7-14(10-15,17-8-12)11-16-9-13-5-3-2-4-6-13/h2-6,12H,7-11H2,1H3. The number of alkyl halides is 1. The summed E-state index contributed by atoms with van der Waals surface area (Å²) in [6.07, 6.45) is 0.991. The van der Waals surface area contributed by atoms with Crippen molar-refractivity contribution in [2.24, 2.45) is 5.92 Å². The van der Waals surface area contributed by atoms with E-state index >= 15 is 0 Å². The minimum atomic E-state index is -0.268. The molecule has 1 heterocycles. The molecule has 2 nitrogen and oxygen atoms in total. The molecule has 2 rings (SSSR count). The molecule has 0 N–H and O–H groups in total. The summed E-state index contributed by atoms with van der Waals surface area (Å²) < 4.78 is 11.5. The highest BCUT2D eigenvalue weighted by molar-refractivity contribution is 6.18. The first kappa shape index (κ1) is 12.9. The van der Waals surface area contributed by atoms with Crippen LogP contribution in [0.5, 0.6) is 0 Å². The lowest BCUT2D eigenvalue weighted by atomic mass is 9.98. The van der Waals surface area contributed by atoms with Crippen LogP contribution in [0.4, 0.5) is 0 Å². The van der Waals surface area contributed by atoms with Gasteiger partial charge in [-0.15, -0.1) is 11.6 Å². The molecular formula is C14H19ClO2. The third kappa shape index (κ3) is 3.44. The van der Waals surface area contributed by atoms with Gasteiger partial charge < -0.3 is 9.47 Å². The Kier molecular flexibility index (Phi) is 4.43. The molecule has 1 aliphatic rings. The smallest absolute Gasteiger partial charge is 0.105 e. The van der Waals surface area contributed by atoms with Gasteiger partial charge in [0.25, 0.3) is 0 Å². The molecule has 0 amide bonds. The Labute approximate surface area is 108 Å². The third-order valence-electron chi connectivity index (χ3n) is 3.11. The van der Waals surface area contributed by atoms with Gasteiger partial charge in [0, 0.05) is 0 Å². The number of hydrogen-bond acceptors (Lipinski definition) is 2. The predicted molar refractivity (Wildman–Crippen MR) is 69.3 cm³/mol. The quantitative estimate of drug-likeness (QED) is 0.751. The third-order valence-corrected chi connectivity index (χ3v) is 3.60. The van der Waals surface area contributed by atoms with Crippen molar-refractivity contribution in [3.05, 3.63) is 35.9 Å². The van der Waals surface area contributed by atoms with Crippen LogP contribution in [-0.4, -0.2) is 24.7 Å². The van der Waals surface area contributed by atoms with E-state index in [0.717, 1.165) is 13.0 Å². The first-order valence-corrected chi connectivity index (χ1v) is 6.59. The highest BCUT2D eigenvalue weighted by atomic mass is 35.5. The number of benzene rings is 1. The molecule has 1 saturated heterocycles. The largest absolute Gasteiger partial charge is 0.374 e. The van der Waals surface area contributed by atoms with Crippen LogP contribution in [0.15, 0.2) is 30.3 Å². The van der Waals surface area contributed by atoms with Gasteiger partial charge in [0.05, 0.1) is 25.7 Å². The van der Waals surface area contributed by atoms with Crippen molar-refractivity contribution in [1.29, 1.82) is 0 Å². The Bertz CT molecular complexity index is 341. The summed E-state index contributed by atoms with van der Waals surface area (Å²) in [6, 6.07) is 10.2. The summed E-state index contributed by atoms with van der Waals surface area (Å²) >= 11 is 6.01. The molecule has 0 radical (unpaired) electrons. The zero-order chi connectivity index (χ0) is 12.1. The molecule has 0 bridgehead atoms. The van der Waals surface area contributed by atoms with Crippen LogP contribution in [0.25, 0.3) is 0 Å². The predicted octanol–water partition coefficient (Wildman–Crippen LogP) is 3.24. The van der Waals surface area contributed by atoms with E-state index in [9.17, 15) is 0 Å². The van der Waals surface area contributed by atoms with Gasteiger partial charge >= 0.3 is 0 Å². The molecule has 1 fully saturated rings. The normalized spacial score (nSPS) is 28.5. The first-order chi connectivity index (χ1) is 8.24. The van der Waals surface area contributed by atoms with Gasteiger partial charge in [0.1, 0.15) is 5.60 Å². The number of ether oxygens (including phenoxy) is 2. The van der Waals surface area contributed by atoms with Crippen LogP contribution in [0.3, 0.4) is 0 Å². The Hall–Kier alpha value is -0.570. The summed E-state index contributed by atoms with van der Waals surface area (Å²) in [5, 5.41) is 0. The van der Waals surface area contributed by atoms with Crippen LogP contribution in [0, 0.1) is 5.92 Å². The first-order valence-electron chi connectivity index (χ1n) is 6.06. The summed E-state index contributed by atoms with van der Waals surface area (Å²) in [6.45, 7) is 4.18. The van der Waals surface area contributed by atoms with E-state index < -0.39 is 0 Å². The van der Waals surface area contributed by atoms with E-state index in [1.54, 1.807) is 0 Å². The molecule has 17 heavy (non-hydrogen) atoms. The number of rotatable bonds is 5. The summed E-state index contributed by atoms with van der Waals surface area (Å²) in [5.74, 6) is 1.08. The van der Waals surface area contributed by atoms with Crippen LogP contribution in [0.1, 0.15) is 18.9 Å². The molecule has 2 atom stereocenters. The minimum absolute atomic E-state index is 0.268. The van der Waals surface area contributed by atoms with Gasteiger partial charge in [-0.3, -0.25) is 0 Å². The number of hydrogen-bond donors (Lipinski definition) is 0. The topological polar surface area (TPSA) is 18.5 Å². The Morgan fingerprint density at radius 2 is 2.18 bits per heavy atom. The van der Waals surface area contributed by atoms with Gasteiger partial charge in [-0.1, -0.05) is 37.3 Å². The average Bonchev–Trinajstić information content (AvgIpc) is 2.73. The van der Waals surface area contributed by atoms with Crippen LogP contribution < -0.4 is 0 Å². The van der Waals surface area contributed by atoms with Crippen molar-refractivity contribution in [2.45, 2.75) is 25.6 Å². The van der Waals surface area contributed by atoms with Gasteiger partial charge in [-0.05, 0) is 17.9 Å². The maximum absolute atomic E-state index is 6.01. The maximum Gasteiger partial charge on any atom is 0.105 e. The fourth-order valence-electron chi connectivity index (χ4n) is 2.23. The van der Waals surface area contributed by atoms with Crippen molar-refractivity contribution in [2.75, 3.05) is 19.1 Å². The monoisotopic (exact) mass is 254 g/mol. The second-order valence-corrected chi connectivity index (χ2v) is 5.18. The number of halogens is 1. The Morgan fingerprint density at radius 1 is 1.41 bits per heavy atom. The lowest BCUT2D eigenvalue weighted by Gasteiger charge is -2.25. The summed E-state index contributed by atoms with van der Waals surface area (Å²) in [7, 11) is 0. The molecule has 1 aromatic rings. The molecule has 94 valence electrons. The SMILES string of the molecule is CC1COC(CCl)(COCc2ccccc2)C1. The lowest BCUT2D eigenvalue weighted by molar-refractivity contribution is -0.0537. The molecule has 0 aromatic heterocycles. The van der Waals surface area contributed by atoms with E-state index in [2.05, 4.69) is 19.1 Å². The van der Waals surface area contributed by atoms with Crippen molar-refractivity contribution >= 4 is 11.6 Å². The Morgan fingerprint density at radius 3 is 2.76 bits per heavy atom. The molecule has 0 saturated carbocycles. The van der Waals surface area contributed by atoms with E-state index in [1.807, 2.05) is 18.2 Å². The van der Waals surface area contributed by atoms with Gasteiger partial charge in [0.2, 0.25) is 0 Å². The van der Waals surface area contributed by atoms with Crippen LogP contribution in [-0.2, 0) is 16.1 Å². The highest BCUT2D eigenvalue weighted by Gasteiger charge is 2.38. The second kappa shape index (κ2) is 5.85. The van der Waals surface area contributed by atoms with Crippen LogP contribution in [0.2, 0.25) is 0 Å². The van der Waals surface area contributed by atoms with Crippen molar-refractivity contribution in [1.82, 2.24) is 0 Å². The summed E-state index contributed by atoms with van der Waals surface area (Å²) in [5.41, 5.74) is 0.915. The van der Waals surface area contributed by atoms with Crippen molar-refractivity contribution in [3.8, 4) is 0 Å². The fourth-order valence-corrected chi connectivity index (χ4v) is 2.50.